The minimum atomic E-state index is 0.0115. The monoisotopic (exact) mass is 817 g/mol. The Kier molecular flexibility index (Phi) is 11.3. The van der Waals surface area contributed by atoms with Crippen LogP contribution in [0.3, 0.4) is 0 Å². The van der Waals surface area contributed by atoms with Crippen LogP contribution in [0.4, 0.5) is 0 Å². The molecule has 2 aliphatic heterocycles. The zero-order valence-electron chi connectivity index (χ0n) is 36.7. The molecule has 1 aromatic rings. The summed E-state index contributed by atoms with van der Waals surface area (Å²) in [5.74, 6) is 1.84. The first kappa shape index (κ1) is 39.8. The molecule has 0 spiro atoms. The highest BCUT2D eigenvalue weighted by Gasteiger charge is 2.46. The number of aliphatic imine (C=N–C) groups is 1. The predicted molar refractivity (Wildman–Crippen MR) is 261 cm³/mol. The molecule has 11 rings (SSSR count). The minimum absolute atomic E-state index is 0.0115. The molecule has 1 aromatic heterocycles. The number of aromatic nitrogens is 1. The van der Waals surface area contributed by atoms with Crippen LogP contribution in [0.2, 0.25) is 0 Å². The van der Waals surface area contributed by atoms with Crippen LogP contribution in [0, 0.1) is 23.7 Å². The van der Waals surface area contributed by atoms with Crippen molar-refractivity contribution in [1.29, 1.82) is 0 Å². The van der Waals surface area contributed by atoms with E-state index in [0.29, 0.717) is 47.8 Å². The molecular weight excluding hydrogens is 753 g/mol. The van der Waals surface area contributed by atoms with Gasteiger partial charge in [0.25, 0.3) is 0 Å². The van der Waals surface area contributed by atoms with Crippen LogP contribution in [0.1, 0.15) is 95.2 Å². The van der Waals surface area contributed by atoms with E-state index in [0.717, 1.165) is 70.6 Å². The molecule has 10 aliphatic rings. The van der Waals surface area contributed by atoms with Crippen LogP contribution in [0.15, 0.2) is 161 Å². The molecule has 3 heterocycles. The molecule has 1 saturated heterocycles. The zero-order chi connectivity index (χ0) is 41.4. The highest BCUT2D eigenvalue weighted by Crippen LogP contribution is 2.46. The van der Waals surface area contributed by atoms with E-state index in [-0.39, 0.29) is 6.17 Å². The lowest BCUT2D eigenvalue weighted by molar-refractivity contribution is 0.178. The SMILES string of the molecule is CCC/C=C\CC1C=c2c3c(n(C4=CCCC(C5=NC(C6=CCCC=C6)NC(C6C=CC=CC6)C5)=C4)c2=CC1)C=CC(C1=CCC2C(=C1)C1C=CC=CC1N2C1C=CC=CC1)C3. The summed E-state index contributed by atoms with van der Waals surface area (Å²) in [6.07, 6.45) is 74.5. The van der Waals surface area contributed by atoms with Crippen LogP contribution < -0.4 is 15.9 Å². The molecule has 0 aromatic carbocycles. The molecule has 0 saturated carbocycles. The van der Waals surface area contributed by atoms with Crippen molar-refractivity contribution in [1.82, 2.24) is 14.8 Å². The number of hydrogen-bond acceptors (Lipinski definition) is 3. The van der Waals surface area contributed by atoms with Gasteiger partial charge in [0.1, 0.15) is 6.17 Å². The maximum absolute atomic E-state index is 5.53. The van der Waals surface area contributed by atoms with Crippen molar-refractivity contribution in [2.24, 2.45) is 28.7 Å². The van der Waals surface area contributed by atoms with E-state index in [1.807, 2.05) is 0 Å². The fraction of sp³-hybridized carbons (Fsp3) is 0.397. The van der Waals surface area contributed by atoms with Crippen LogP contribution in [0.5, 0.6) is 0 Å². The number of nitrogens with zero attached hydrogens (tertiary/aromatic N) is 3. The van der Waals surface area contributed by atoms with Crippen molar-refractivity contribution in [2.75, 3.05) is 0 Å². The topological polar surface area (TPSA) is 32.6 Å². The number of nitrogens with one attached hydrogen (secondary N) is 1. The molecule has 1 fully saturated rings. The number of hydrogen-bond donors (Lipinski definition) is 1. The molecule has 4 heteroatoms. The number of unbranched alkanes of at least 4 members (excludes halogenated alkanes) is 1. The van der Waals surface area contributed by atoms with Gasteiger partial charge in [0.15, 0.2) is 0 Å². The van der Waals surface area contributed by atoms with E-state index in [2.05, 4.69) is 174 Å². The summed E-state index contributed by atoms with van der Waals surface area (Å²) in [5, 5.41) is 6.88. The van der Waals surface area contributed by atoms with Crippen LogP contribution in [-0.4, -0.2) is 45.5 Å². The number of likely N-dealkylation sites (tertiary alicyclic amines) is 1. The van der Waals surface area contributed by atoms with Crippen LogP contribution in [-0.2, 0) is 6.42 Å². The molecular formula is C58H64N4. The maximum Gasteiger partial charge on any atom is 0.125 e. The molecule has 62 heavy (non-hydrogen) atoms. The van der Waals surface area contributed by atoms with Crippen molar-refractivity contribution >= 4 is 29.6 Å². The fourth-order valence-corrected chi connectivity index (χ4v) is 12.2. The Morgan fingerprint density at radius 3 is 2.53 bits per heavy atom. The number of fused-ring (bicyclic) bond motifs is 6. The van der Waals surface area contributed by atoms with E-state index in [9.17, 15) is 0 Å². The molecule has 4 nitrogen and oxygen atoms in total. The molecule has 316 valence electrons. The molecule has 8 aliphatic carbocycles. The van der Waals surface area contributed by atoms with Crippen molar-refractivity contribution in [3.05, 3.63) is 178 Å². The van der Waals surface area contributed by atoms with Gasteiger partial charge in [-0.25, -0.2) is 0 Å². The maximum atomic E-state index is 5.53. The second-order valence-electron chi connectivity index (χ2n) is 19.2. The highest BCUT2D eigenvalue weighted by atomic mass is 15.2. The van der Waals surface area contributed by atoms with E-state index in [4.69, 9.17) is 4.99 Å². The Morgan fingerprint density at radius 1 is 0.774 bits per heavy atom. The van der Waals surface area contributed by atoms with Crippen molar-refractivity contribution < 1.29 is 0 Å². The third-order valence-electron chi connectivity index (χ3n) is 15.3. The summed E-state index contributed by atoms with van der Waals surface area (Å²) >= 11 is 0. The smallest absolute Gasteiger partial charge is 0.125 e. The van der Waals surface area contributed by atoms with Gasteiger partial charge in [-0.15, -0.1) is 0 Å². The summed E-state index contributed by atoms with van der Waals surface area (Å²) in [6, 6.07) is 1.72. The lowest BCUT2D eigenvalue weighted by Crippen LogP contribution is -2.48. The van der Waals surface area contributed by atoms with E-state index >= 15 is 0 Å². The van der Waals surface area contributed by atoms with Crippen molar-refractivity contribution in [3.63, 3.8) is 0 Å². The van der Waals surface area contributed by atoms with Gasteiger partial charge in [-0.2, -0.15) is 0 Å². The van der Waals surface area contributed by atoms with E-state index in [1.54, 1.807) is 5.57 Å². The number of allylic oxidation sites excluding steroid dienone is 18. The molecule has 0 radical (unpaired) electrons. The second kappa shape index (κ2) is 17.6. The first-order chi connectivity index (χ1) is 30.7. The summed E-state index contributed by atoms with van der Waals surface area (Å²) in [5.41, 5.74) is 11.4. The average Bonchev–Trinajstić information content (AvgIpc) is 3.85. The second-order valence-corrected chi connectivity index (χ2v) is 19.2. The Balaban J connectivity index is 0.933. The lowest BCUT2D eigenvalue weighted by Gasteiger charge is -2.36. The van der Waals surface area contributed by atoms with Crippen LogP contribution >= 0.6 is 0 Å². The zero-order valence-corrected chi connectivity index (χ0v) is 36.7. The van der Waals surface area contributed by atoms with Gasteiger partial charge >= 0.3 is 0 Å². The predicted octanol–water partition coefficient (Wildman–Crippen LogP) is 11.0. The molecule has 0 bridgehead atoms. The normalized spacial score (nSPS) is 33.1. The van der Waals surface area contributed by atoms with Gasteiger partial charge in [-0.05, 0) is 128 Å². The Hall–Kier alpha value is -5.03. The van der Waals surface area contributed by atoms with Gasteiger partial charge in [0.2, 0.25) is 0 Å². The largest absolute Gasteiger partial charge is 0.310 e. The Labute approximate surface area is 370 Å². The fourth-order valence-electron chi connectivity index (χ4n) is 12.2. The third kappa shape index (κ3) is 7.62. The quantitative estimate of drug-likeness (QED) is 0.239. The standard InChI is InChI=1S/C58H64N4/c1-2-3-4-8-18-40-29-32-55-49(35-40)51-38-44(43-30-33-56-50(37-43)48-27-15-16-28-54(48)61(56)46-24-13-7-14-25-46)31-34-57(51)62(55)47-26-17-23-45(36-47)53-39-52(41-19-9-5-10-20-41)59-58(60-53)42-21-11-6-12-22-42/h4-5,7-11,13-16,19,21-22,24,26-28,30-32,34-37,40-41,44,46,48,52,54,56,58-59H,2-3,6,12,17-18,20,23,25,29,33,38-39H2,1H3/b8-4-. The molecule has 1 N–H and O–H groups in total. The van der Waals surface area contributed by atoms with Gasteiger partial charge in [0.05, 0.1) is 0 Å². The van der Waals surface area contributed by atoms with Crippen molar-refractivity contribution in [3.8, 4) is 0 Å². The highest BCUT2D eigenvalue weighted by molar-refractivity contribution is 6.03. The summed E-state index contributed by atoms with van der Waals surface area (Å²) in [6.45, 7) is 2.27. The first-order valence-electron chi connectivity index (χ1n) is 24.3. The van der Waals surface area contributed by atoms with E-state index in [1.165, 1.54) is 62.8 Å². The summed E-state index contributed by atoms with van der Waals surface area (Å²) < 4.78 is 2.64. The van der Waals surface area contributed by atoms with Gasteiger partial charge in [-0.3, -0.25) is 15.2 Å². The van der Waals surface area contributed by atoms with Crippen molar-refractivity contribution in [2.45, 2.75) is 121 Å². The average molecular weight is 817 g/mol. The first-order valence-corrected chi connectivity index (χ1v) is 24.3. The lowest BCUT2D eigenvalue weighted by atomic mass is 9.79. The van der Waals surface area contributed by atoms with Gasteiger partial charge < -0.3 is 4.57 Å². The van der Waals surface area contributed by atoms with Gasteiger partial charge in [-0.1, -0.05) is 153 Å². The Bertz CT molecular complexity index is 2560. The summed E-state index contributed by atoms with van der Waals surface area (Å²) in [4.78, 5) is 8.35. The number of rotatable bonds is 10. The molecule has 0 amide bonds. The third-order valence-corrected chi connectivity index (χ3v) is 15.3. The molecule has 9 unspecified atom stereocenters. The van der Waals surface area contributed by atoms with E-state index < -0.39 is 0 Å². The summed E-state index contributed by atoms with van der Waals surface area (Å²) in [7, 11) is 0. The minimum Gasteiger partial charge on any atom is -0.310 e. The Morgan fingerprint density at radius 2 is 1.68 bits per heavy atom. The molecule has 9 atom stereocenters. The van der Waals surface area contributed by atoms with Gasteiger partial charge in [0, 0.05) is 64.9 Å². The van der Waals surface area contributed by atoms with Crippen LogP contribution in [0.25, 0.3) is 23.9 Å².